The first-order valence-electron chi connectivity index (χ1n) is 9.34. The minimum Gasteiger partial charge on any atom is -0.0761 e. The molecule has 0 amide bonds. The quantitative estimate of drug-likeness (QED) is 0.573. The molecule has 0 saturated heterocycles. The molecular formula is C25H26. The van der Waals surface area contributed by atoms with Gasteiger partial charge >= 0.3 is 0 Å². The summed E-state index contributed by atoms with van der Waals surface area (Å²) in [5, 5.41) is 0. The molecule has 0 radical (unpaired) electrons. The Morgan fingerprint density at radius 3 is 2.60 bits per heavy atom. The molecular weight excluding hydrogens is 300 g/mol. The van der Waals surface area contributed by atoms with Crippen molar-refractivity contribution in [3.05, 3.63) is 88.0 Å². The van der Waals surface area contributed by atoms with E-state index >= 15 is 0 Å². The highest BCUT2D eigenvalue weighted by Crippen LogP contribution is 2.39. The summed E-state index contributed by atoms with van der Waals surface area (Å²) >= 11 is 0. The highest BCUT2D eigenvalue weighted by Gasteiger charge is 2.21. The molecule has 0 fully saturated rings. The van der Waals surface area contributed by atoms with Crippen molar-refractivity contribution in [1.82, 2.24) is 0 Å². The summed E-state index contributed by atoms with van der Waals surface area (Å²) in [5.41, 5.74) is 11.1. The minimum atomic E-state index is 0.572. The van der Waals surface area contributed by atoms with Crippen LogP contribution in [0.4, 0.5) is 0 Å². The van der Waals surface area contributed by atoms with Gasteiger partial charge in [-0.2, -0.15) is 0 Å². The van der Waals surface area contributed by atoms with Crippen molar-refractivity contribution >= 4 is 17.2 Å². The molecule has 0 heteroatoms. The molecule has 25 heavy (non-hydrogen) atoms. The lowest BCUT2D eigenvalue weighted by molar-refractivity contribution is 0.584. The Morgan fingerprint density at radius 2 is 1.84 bits per heavy atom. The first-order chi connectivity index (χ1) is 12.0. The van der Waals surface area contributed by atoms with E-state index in [1.54, 1.807) is 0 Å². The van der Waals surface area contributed by atoms with Crippen LogP contribution in [0, 0.1) is 19.8 Å². The number of fused-ring (bicyclic) bond motifs is 1. The average molecular weight is 326 g/mol. The highest BCUT2D eigenvalue weighted by molar-refractivity contribution is 5.90. The van der Waals surface area contributed by atoms with Gasteiger partial charge in [-0.1, -0.05) is 74.0 Å². The number of benzene rings is 2. The molecule has 0 nitrogen and oxygen atoms in total. The third-order valence-corrected chi connectivity index (χ3v) is 5.58. The molecule has 0 heterocycles. The van der Waals surface area contributed by atoms with Gasteiger partial charge in [0.15, 0.2) is 0 Å². The van der Waals surface area contributed by atoms with Gasteiger partial charge in [0.25, 0.3) is 0 Å². The fourth-order valence-corrected chi connectivity index (χ4v) is 4.18. The normalized spacial score (nSPS) is 18.5. The van der Waals surface area contributed by atoms with Gasteiger partial charge in [0.1, 0.15) is 0 Å². The second-order valence-electron chi connectivity index (χ2n) is 7.82. The second-order valence-corrected chi connectivity index (χ2v) is 7.82. The van der Waals surface area contributed by atoms with Gasteiger partial charge in [-0.3, -0.25) is 0 Å². The van der Waals surface area contributed by atoms with E-state index in [4.69, 9.17) is 0 Å². The molecule has 0 saturated carbocycles. The fraction of sp³-hybridized carbons (Fsp3) is 0.280. The van der Waals surface area contributed by atoms with Crippen molar-refractivity contribution in [3.63, 3.8) is 0 Å². The Balaban J connectivity index is 1.64. The first kappa shape index (κ1) is 16.1. The summed E-state index contributed by atoms with van der Waals surface area (Å²) in [6.07, 6.45) is 10.4. The van der Waals surface area contributed by atoms with Crippen LogP contribution < -0.4 is 0 Å². The van der Waals surface area contributed by atoms with Crippen LogP contribution in [0.15, 0.2) is 54.6 Å². The molecule has 0 aliphatic heterocycles. The molecule has 1 unspecified atom stereocenters. The van der Waals surface area contributed by atoms with Crippen LogP contribution in [0.5, 0.6) is 0 Å². The number of allylic oxidation sites excluding steroid dienone is 5. The van der Waals surface area contributed by atoms with Crippen molar-refractivity contribution in [2.45, 2.75) is 40.0 Å². The number of hydrogen-bond acceptors (Lipinski definition) is 0. The molecule has 0 spiro atoms. The van der Waals surface area contributed by atoms with E-state index in [0.29, 0.717) is 11.8 Å². The van der Waals surface area contributed by atoms with Gasteiger partial charge in [-0.25, -0.2) is 0 Å². The first-order valence-corrected chi connectivity index (χ1v) is 9.34. The van der Waals surface area contributed by atoms with Crippen LogP contribution in [0.25, 0.3) is 17.2 Å². The Morgan fingerprint density at radius 1 is 1.00 bits per heavy atom. The van der Waals surface area contributed by atoms with Crippen LogP contribution in [0.1, 0.15) is 59.6 Å². The van der Waals surface area contributed by atoms with Gasteiger partial charge in [0.05, 0.1) is 0 Å². The molecule has 2 aromatic rings. The van der Waals surface area contributed by atoms with Crippen molar-refractivity contribution < 1.29 is 0 Å². The monoisotopic (exact) mass is 326 g/mol. The Bertz CT molecular complexity index is 919. The van der Waals surface area contributed by atoms with Crippen LogP contribution in [0.3, 0.4) is 0 Å². The van der Waals surface area contributed by atoms with E-state index in [1.807, 2.05) is 0 Å². The third-order valence-electron chi connectivity index (χ3n) is 5.58. The van der Waals surface area contributed by atoms with Crippen molar-refractivity contribution in [1.29, 1.82) is 0 Å². The lowest BCUT2D eigenvalue weighted by Gasteiger charge is -2.15. The molecule has 0 N–H and O–H groups in total. The Kier molecular flexibility index (Phi) is 4.00. The summed E-state index contributed by atoms with van der Waals surface area (Å²) in [5.74, 6) is 1.23. The van der Waals surface area contributed by atoms with E-state index in [2.05, 4.69) is 88.4 Å². The molecule has 1 atom stereocenters. The largest absolute Gasteiger partial charge is 0.0761 e. The van der Waals surface area contributed by atoms with Crippen LogP contribution >= 0.6 is 0 Å². The number of aryl methyl sites for hydroxylation is 2. The van der Waals surface area contributed by atoms with Gasteiger partial charge in [-0.15, -0.1) is 0 Å². The highest BCUT2D eigenvalue weighted by atomic mass is 14.3. The SMILES string of the molecule is Cc1ccc(C2=CC(c3ccc4c(c3)C=CC4C(C)C)=CC2)c(C)c1. The maximum Gasteiger partial charge on any atom is 0.00502 e. The molecule has 0 bridgehead atoms. The van der Waals surface area contributed by atoms with E-state index in [-0.39, 0.29) is 0 Å². The zero-order valence-electron chi connectivity index (χ0n) is 15.6. The molecule has 2 aliphatic carbocycles. The lowest BCUT2D eigenvalue weighted by Crippen LogP contribution is -2.01. The topological polar surface area (TPSA) is 0 Å². The molecule has 2 aromatic carbocycles. The fourth-order valence-electron chi connectivity index (χ4n) is 4.18. The number of hydrogen-bond donors (Lipinski definition) is 0. The van der Waals surface area contributed by atoms with Crippen molar-refractivity contribution in [2.24, 2.45) is 5.92 Å². The summed E-state index contributed by atoms with van der Waals surface area (Å²) < 4.78 is 0. The van der Waals surface area contributed by atoms with Crippen LogP contribution in [-0.4, -0.2) is 0 Å². The smallest absolute Gasteiger partial charge is 0.00502 e. The number of rotatable bonds is 3. The van der Waals surface area contributed by atoms with Gasteiger partial charge < -0.3 is 0 Å². The lowest BCUT2D eigenvalue weighted by atomic mass is 9.89. The molecule has 0 aromatic heterocycles. The second kappa shape index (κ2) is 6.19. The Labute approximate surface area is 151 Å². The van der Waals surface area contributed by atoms with Gasteiger partial charge in [-0.05, 0) is 71.2 Å². The maximum atomic E-state index is 2.37. The third kappa shape index (κ3) is 2.91. The van der Waals surface area contributed by atoms with Crippen LogP contribution in [0.2, 0.25) is 0 Å². The summed E-state index contributed by atoms with van der Waals surface area (Å²) in [6.45, 7) is 8.98. The molecule has 126 valence electrons. The van der Waals surface area contributed by atoms with Crippen molar-refractivity contribution in [3.8, 4) is 0 Å². The van der Waals surface area contributed by atoms with E-state index < -0.39 is 0 Å². The van der Waals surface area contributed by atoms with Gasteiger partial charge in [0.2, 0.25) is 0 Å². The van der Waals surface area contributed by atoms with Crippen LogP contribution in [-0.2, 0) is 0 Å². The van der Waals surface area contributed by atoms with E-state index in [1.165, 1.54) is 44.5 Å². The standard InChI is InChI=1S/C25H26/c1-16(2)23-11-9-22-15-20(8-12-25(22)23)19-6-7-21(14-19)24-10-5-17(3)13-18(24)4/h5-6,8-16,23H,7H2,1-4H3. The predicted molar refractivity (Wildman–Crippen MR) is 110 cm³/mol. The predicted octanol–water partition coefficient (Wildman–Crippen LogP) is 6.94. The molecule has 2 aliphatic rings. The summed E-state index contributed by atoms with van der Waals surface area (Å²) in [7, 11) is 0. The van der Waals surface area contributed by atoms with E-state index in [9.17, 15) is 0 Å². The average Bonchev–Trinajstić information content (AvgIpc) is 3.21. The van der Waals surface area contributed by atoms with E-state index in [0.717, 1.165) is 6.42 Å². The Hall–Kier alpha value is -2.34. The zero-order valence-corrected chi connectivity index (χ0v) is 15.6. The molecule has 4 rings (SSSR count). The maximum absolute atomic E-state index is 2.37. The minimum absolute atomic E-state index is 0.572. The summed E-state index contributed by atoms with van der Waals surface area (Å²) in [4.78, 5) is 0. The van der Waals surface area contributed by atoms with Gasteiger partial charge in [0, 0.05) is 5.92 Å². The zero-order chi connectivity index (χ0) is 17.6. The summed E-state index contributed by atoms with van der Waals surface area (Å²) in [6, 6.07) is 13.8. The van der Waals surface area contributed by atoms with Crippen molar-refractivity contribution in [2.75, 3.05) is 0 Å².